The molecule has 1 unspecified atom stereocenters. The fourth-order valence-corrected chi connectivity index (χ4v) is 3.03. The Morgan fingerprint density at radius 2 is 1.72 bits per heavy atom. The maximum atomic E-state index is 12.2. The lowest BCUT2D eigenvalue weighted by Crippen LogP contribution is -2.51. The molecule has 0 aromatic carbocycles. The van der Waals surface area contributed by atoms with Crippen molar-refractivity contribution in [3.63, 3.8) is 0 Å². The number of halogens is 3. The van der Waals surface area contributed by atoms with Crippen molar-refractivity contribution in [1.82, 2.24) is 10.4 Å². The number of amides is 1. The summed E-state index contributed by atoms with van der Waals surface area (Å²) < 4.78 is 20.2. The van der Waals surface area contributed by atoms with E-state index >= 15 is 0 Å². The second kappa shape index (κ2) is 7.90. The standard InChI is InChI=1S/C8H16Cl3N2O4P/c1-4-16-18(15,17-5-2)13-7(8(9,10)11)12-6(3)14/h7H,4-5H2,1-3H3,(H,12,14)(H,13,15). The minimum atomic E-state index is -3.65. The van der Waals surface area contributed by atoms with Gasteiger partial charge >= 0.3 is 7.75 Å². The molecular formula is C8H16Cl3N2O4P. The van der Waals surface area contributed by atoms with Gasteiger partial charge in [-0.1, -0.05) is 34.8 Å². The van der Waals surface area contributed by atoms with Crippen LogP contribution < -0.4 is 10.4 Å². The Hall–Kier alpha value is 0.450. The lowest BCUT2D eigenvalue weighted by Gasteiger charge is -2.29. The lowest BCUT2D eigenvalue weighted by molar-refractivity contribution is -0.119. The molecular weight excluding hydrogens is 325 g/mol. The largest absolute Gasteiger partial charge is 0.407 e. The van der Waals surface area contributed by atoms with Gasteiger partial charge in [-0.2, -0.15) is 5.09 Å². The highest BCUT2D eigenvalue weighted by atomic mass is 35.6. The van der Waals surface area contributed by atoms with Crippen molar-refractivity contribution in [2.75, 3.05) is 13.2 Å². The summed E-state index contributed by atoms with van der Waals surface area (Å²) in [7, 11) is -3.65. The Morgan fingerprint density at radius 1 is 1.28 bits per heavy atom. The molecule has 0 aliphatic rings. The van der Waals surface area contributed by atoms with Gasteiger partial charge in [-0.25, -0.2) is 4.57 Å². The molecule has 2 N–H and O–H groups in total. The highest BCUT2D eigenvalue weighted by Crippen LogP contribution is 2.46. The van der Waals surface area contributed by atoms with Crippen LogP contribution in [-0.2, 0) is 18.4 Å². The van der Waals surface area contributed by atoms with Crippen LogP contribution in [0.4, 0.5) is 0 Å². The molecule has 1 amide bonds. The summed E-state index contributed by atoms with van der Waals surface area (Å²) in [5.74, 6) is -0.460. The average Bonchev–Trinajstić information content (AvgIpc) is 2.14. The normalized spacial score (nSPS) is 14.3. The van der Waals surface area contributed by atoms with Gasteiger partial charge in [-0.05, 0) is 13.8 Å². The SMILES string of the molecule is CCOP(=O)(NC(NC(C)=O)C(Cl)(Cl)Cl)OCC. The van der Waals surface area contributed by atoms with E-state index in [4.69, 9.17) is 43.9 Å². The van der Waals surface area contributed by atoms with Crippen molar-refractivity contribution >= 4 is 48.5 Å². The molecule has 0 rings (SSSR count). The van der Waals surface area contributed by atoms with Crippen LogP contribution in [-0.4, -0.2) is 29.1 Å². The van der Waals surface area contributed by atoms with E-state index in [0.29, 0.717) is 0 Å². The molecule has 0 spiro atoms. The quantitative estimate of drug-likeness (QED) is 0.423. The van der Waals surface area contributed by atoms with Crippen LogP contribution in [0.5, 0.6) is 0 Å². The van der Waals surface area contributed by atoms with Crippen molar-refractivity contribution in [3.05, 3.63) is 0 Å². The molecule has 18 heavy (non-hydrogen) atoms. The molecule has 0 saturated heterocycles. The number of hydrogen-bond donors (Lipinski definition) is 2. The van der Waals surface area contributed by atoms with Gasteiger partial charge in [0.2, 0.25) is 9.70 Å². The fraction of sp³-hybridized carbons (Fsp3) is 0.875. The molecule has 108 valence electrons. The molecule has 0 aromatic heterocycles. The fourth-order valence-electron chi connectivity index (χ4n) is 1.00. The van der Waals surface area contributed by atoms with Crippen molar-refractivity contribution in [2.24, 2.45) is 0 Å². The third-order valence-corrected chi connectivity index (χ3v) is 3.99. The van der Waals surface area contributed by atoms with Crippen LogP contribution in [0.15, 0.2) is 0 Å². The van der Waals surface area contributed by atoms with E-state index in [1.165, 1.54) is 6.92 Å². The van der Waals surface area contributed by atoms with Crippen molar-refractivity contribution < 1.29 is 18.4 Å². The highest BCUT2D eigenvalue weighted by Gasteiger charge is 2.39. The van der Waals surface area contributed by atoms with E-state index in [-0.39, 0.29) is 13.2 Å². The highest BCUT2D eigenvalue weighted by molar-refractivity contribution is 7.51. The first-order valence-corrected chi connectivity index (χ1v) is 7.83. The van der Waals surface area contributed by atoms with Crippen molar-refractivity contribution in [3.8, 4) is 0 Å². The number of rotatable bonds is 7. The topological polar surface area (TPSA) is 76.7 Å². The molecule has 0 aromatic rings. The van der Waals surface area contributed by atoms with Gasteiger partial charge in [0.05, 0.1) is 13.2 Å². The monoisotopic (exact) mass is 340 g/mol. The smallest absolute Gasteiger partial charge is 0.337 e. The number of carbonyl (C=O) groups is 1. The maximum absolute atomic E-state index is 12.2. The molecule has 6 nitrogen and oxygen atoms in total. The Bertz CT molecular complexity index is 314. The first kappa shape index (κ1) is 18.4. The zero-order valence-corrected chi connectivity index (χ0v) is 13.4. The molecule has 0 aliphatic carbocycles. The van der Waals surface area contributed by atoms with Crippen LogP contribution in [0, 0.1) is 0 Å². The number of alkyl halides is 3. The molecule has 1 atom stereocenters. The summed E-state index contributed by atoms with van der Waals surface area (Å²) in [6.45, 7) is 4.78. The van der Waals surface area contributed by atoms with E-state index in [1.54, 1.807) is 13.8 Å². The molecule has 0 saturated carbocycles. The van der Waals surface area contributed by atoms with Gasteiger partial charge in [0, 0.05) is 6.92 Å². The van der Waals surface area contributed by atoms with E-state index in [0.717, 1.165) is 0 Å². The molecule has 10 heteroatoms. The van der Waals surface area contributed by atoms with Crippen molar-refractivity contribution in [1.29, 1.82) is 0 Å². The number of nitrogens with one attached hydrogen (secondary N) is 2. The summed E-state index contributed by atoms with van der Waals surface area (Å²) in [5, 5.41) is 4.70. The summed E-state index contributed by atoms with van der Waals surface area (Å²) in [4.78, 5) is 11.0. The Balaban J connectivity index is 4.91. The second-order valence-corrected chi connectivity index (χ2v) is 7.28. The first-order valence-electron chi connectivity index (χ1n) is 5.15. The van der Waals surface area contributed by atoms with E-state index in [9.17, 15) is 9.36 Å². The molecule has 0 fully saturated rings. The van der Waals surface area contributed by atoms with Crippen molar-refractivity contribution in [2.45, 2.75) is 30.7 Å². The predicted molar refractivity (Wildman–Crippen MR) is 71.9 cm³/mol. The predicted octanol–water partition coefficient (Wildman–Crippen LogP) is 2.59. The van der Waals surface area contributed by atoms with Gasteiger partial charge in [0.15, 0.2) is 0 Å². The average molecular weight is 342 g/mol. The third-order valence-electron chi connectivity index (χ3n) is 1.56. The molecule has 0 bridgehead atoms. The van der Waals surface area contributed by atoms with Crippen LogP contribution >= 0.6 is 42.5 Å². The Morgan fingerprint density at radius 3 is 2.00 bits per heavy atom. The Labute approximate surface area is 121 Å². The summed E-state index contributed by atoms with van der Waals surface area (Å²) >= 11 is 17.0. The van der Waals surface area contributed by atoms with Crippen LogP contribution in [0.2, 0.25) is 0 Å². The minimum Gasteiger partial charge on any atom is -0.337 e. The summed E-state index contributed by atoms with van der Waals surface area (Å²) in [5.41, 5.74) is 0. The van der Waals surface area contributed by atoms with E-state index in [2.05, 4.69) is 10.4 Å². The van der Waals surface area contributed by atoms with Gasteiger partial charge < -0.3 is 5.32 Å². The summed E-state index contributed by atoms with van der Waals surface area (Å²) in [6.07, 6.45) is -1.20. The van der Waals surface area contributed by atoms with E-state index in [1.807, 2.05) is 0 Å². The third kappa shape index (κ3) is 7.14. The van der Waals surface area contributed by atoms with Gasteiger partial charge in [0.25, 0.3) is 0 Å². The van der Waals surface area contributed by atoms with Crippen LogP contribution in [0.25, 0.3) is 0 Å². The molecule has 0 radical (unpaired) electrons. The van der Waals surface area contributed by atoms with Gasteiger partial charge in [-0.15, -0.1) is 0 Å². The minimum absolute atomic E-state index is 0.136. The number of carbonyl (C=O) groups excluding carboxylic acids is 1. The second-order valence-electron chi connectivity index (χ2n) is 3.14. The summed E-state index contributed by atoms with van der Waals surface area (Å²) in [6, 6.07) is 0. The van der Waals surface area contributed by atoms with Gasteiger partial charge in [0.1, 0.15) is 6.17 Å². The zero-order chi connectivity index (χ0) is 14.4. The lowest BCUT2D eigenvalue weighted by atomic mass is 10.5. The molecule has 0 heterocycles. The van der Waals surface area contributed by atoms with Gasteiger partial charge in [-0.3, -0.25) is 13.8 Å². The first-order chi connectivity index (χ1) is 8.14. The van der Waals surface area contributed by atoms with E-state index < -0.39 is 23.6 Å². The van der Waals surface area contributed by atoms with Crippen LogP contribution in [0.1, 0.15) is 20.8 Å². The Kier molecular flexibility index (Phi) is 8.10. The van der Waals surface area contributed by atoms with Crippen LogP contribution in [0.3, 0.4) is 0 Å². The molecule has 0 aliphatic heterocycles. The zero-order valence-electron chi connectivity index (χ0n) is 10.2. The maximum Gasteiger partial charge on any atom is 0.407 e. The number of hydrogen-bond acceptors (Lipinski definition) is 4.